The molecule has 24 heavy (non-hydrogen) atoms. The van der Waals surface area contributed by atoms with Gasteiger partial charge in [0.25, 0.3) is 0 Å². The molecule has 0 amide bonds. The summed E-state index contributed by atoms with van der Waals surface area (Å²) in [6, 6.07) is 3.18. The summed E-state index contributed by atoms with van der Waals surface area (Å²) in [6.45, 7) is 5.37. The summed E-state index contributed by atoms with van der Waals surface area (Å²) >= 11 is 0. The molecule has 1 aliphatic carbocycles. The van der Waals surface area contributed by atoms with Crippen molar-refractivity contribution in [1.82, 2.24) is 0 Å². The Hall–Kier alpha value is -2.31. The Morgan fingerprint density at radius 3 is 2.42 bits per heavy atom. The Balaban J connectivity index is 2.26. The standard InChI is InChI=1S/C17H23NO6/c1-16(2,3)23-15(20)17(9-5-6-10-17)24-18-13(14(19)21-4)12-8-7-11-22-12/h7-8,11H,5-6,9-10H2,1-4H3/b18-13-. The molecule has 0 unspecified atom stereocenters. The van der Waals surface area contributed by atoms with Crippen LogP contribution in [0.1, 0.15) is 52.2 Å². The molecule has 0 spiro atoms. The molecule has 0 atom stereocenters. The summed E-state index contributed by atoms with van der Waals surface area (Å²) in [4.78, 5) is 30.0. The summed E-state index contributed by atoms with van der Waals surface area (Å²) in [5.41, 5.74) is -1.94. The first kappa shape index (κ1) is 18.0. The van der Waals surface area contributed by atoms with Gasteiger partial charge < -0.3 is 18.7 Å². The number of nitrogens with zero attached hydrogens (tertiary/aromatic N) is 1. The van der Waals surface area contributed by atoms with E-state index in [1.54, 1.807) is 32.9 Å². The van der Waals surface area contributed by atoms with Crippen LogP contribution < -0.4 is 0 Å². The van der Waals surface area contributed by atoms with Gasteiger partial charge in [0.1, 0.15) is 5.60 Å². The predicted octanol–water partition coefficient (Wildman–Crippen LogP) is 2.83. The van der Waals surface area contributed by atoms with Gasteiger partial charge in [-0.2, -0.15) is 0 Å². The van der Waals surface area contributed by atoms with Crippen molar-refractivity contribution in [2.45, 2.75) is 57.7 Å². The van der Waals surface area contributed by atoms with E-state index >= 15 is 0 Å². The van der Waals surface area contributed by atoms with E-state index < -0.39 is 23.1 Å². The van der Waals surface area contributed by atoms with Gasteiger partial charge in [0.05, 0.1) is 13.4 Å². The van der Waals surface area contributed by atoms with Crippen LogP contribution in [-0.4, -0.2) is 36.0 Å². The third-order valence-corrected chi connectivity index (χ3v) is 3.63. The Labute approximate surface area is 140 Å². The lowest BCUT2D eigenvalue weighted by molar-refractivity contribution is -0.183. The van der Waals surface area contributed by atoms with E-state index in [0.29, 0.717) is 12.8 Å². The van der Waals surface area contributed by atoms with Crippen molar-refractivity contribution in [3.05, 3.63) is 24.2 Å². The molecule has 1 fully saturated rings. The summed E-state index contributed by atoms with van der Waals surface area (Å²) in [5.74, 6) is -0.971. The average molecular weight is 337 g/mol. The molecule has 0 saturated heterocycles. The molecule has 7 nitrogen and oxygen atoms in total. The van der Waals surface area contributed by atoms with Gasteiger partial charge in [0, 0.05) is 12.8 Å². The Kier molecular flexibility index (Phi) is 5.31. The molecule has 1 aliphatic rings. The predicted molar refractivity (Wildman–Crippen MR) is 85.4 cm³/mol. The maximum Gasteiger partial charge on any atom is 0.364 e. The third-order valence-electron chi connectivity index (χ3n) is 3.63. The van der Waals surface area contributed by atoms with Crippen LogP contribution in [0.15, 0.2) is 28.0 Å². The number of carbonyl (C=O) groups excluding carboxylic acids is 2. The number of carbonyl (C=O) groups is 2. The highest BCUT2D eigenvalue weighted by atomic mass is 16.7. The highest BCUT2D eigenvalue weighted by Gasteiger charge is 2.47. The molecular formula is C17H23NO6. The van der Waals surface area contributed by atoms with Crippen LogP contribution in [0.25, 0.3) is 0 Å². The molecule has 7 heteroatoms. The van der Waals surface area contributed by atoms with Gasteiger partial charge in [-0.1, -0.05) is 5.16 Å². The maximum atomic E-state index is 12.6. The fraction of sp³-hybridized carbons (Fsp3) is 0.588. The van der Waals surface area contributed by atoms with Crippen molar-refractivity contribution in [3.8, 4) is 0 Å². The first-order valence-corrected chi connectivity index (χ1v) is 7.89. The molecular weight excluding hydrogens is 314 g/mol. The quantitative estimate of drug-likeness (QED) is 0.466. The van der Waals surface area contributed by atoms with Crippen LogP contribution in [0, 0.1) is 0 Å². The van der Waals surface area contributed by atoms with E-state index in [-0.39, 0.29) is 11.5 Å². The largest absolute Gasteiger partial charge is 0.464 e. The van der Waals surface area contributed by atoms with Gasteiger partial charge in [-0.15, -0.1) is 0 Å². The summed E-state index contributed by atoms with van der Waals surface area (Å²) in [5, 5.41) is 3.89. The molecule has 0 bridgehead atoms. The van der Waals surface area contributed by atoms with Crippen molar-refractivity contribution in [3.63, 3.8) is 0 Å². The summed E-state index contributed by atoms with van der Waals surface area (Å²) in [6.07, 6.45) is 4.02. The lowest BCUT2D eigenvalue weighted by Crippen LogP contribution is -2.43. The molecule has 0 radical (unpaired) electrons. The highest BCUT2D eigenvalue weighted by molar-refractivity contribution is 6.42. The number of furan rings is 1. The Morgan fingerprint density at radius 1 is 1.25 bits per heavy atom. The smallest absolute Gasteiger partial charge is 0.364 e. The first-order chi connectivity index (χ1) is 11.3. The topological polar surface area (TPSA) is 87.3 Å². The number of esters is 2. The second-order valence-electron chi connectivity index (χ2n) is 6.70. The third kappa shape index (κ3) is 4.15. The first-order valence-electron chi connectivity index (χ1n) is 7.89. The molecule has 0 aliphatic heterocycles. The van der Waals surface area contributed by atoms with Crippen molar-refractivity contribution in [2.24, 2.45) is 5.16 Å². The zero-order chi connectivity index (χ0) is 17.8. The number of hydrogen-bond donors (Lipinski definition) is 0. The Morgan fingerprint density at radius 2 is 1.92 bits per heavy atom. The molecule has 1 saturated carbocycles. The normalized spacial score (nSPS) is 17.4. The van der Waals surface area contributed by atoms with Crippen molar-refractivity contribution in [1.29, 1.82) is 0 Å². The van der Waals surface area contributed by atoms with Gasteiger partial charge in [-0.25, -0.2) is 9.59 Å². The minimum Gasteiger partial charge on any atom is -0.464 e. The van der Waals surface area contributed by atoms with Crippen LogP contribution in [0.2, 0.25) is 0 Å². The zero-order valence-corrected chi connectivity index (χ0v) is 14.5. The van der Waals surface area contributed by atoms with Crippen LogP contribution in [0.4, 0.5) is 0 Å². The number of hydrogen-bond acceptors (Lipinski definition) is 7. The van der Waals surface area contributed by atoms with Crippen molar-refractivity contribution < 1.29 is 28.3 Å². The molecule has 0 aromatic carbocycles. The van der Waals surface area contributed by atoms with Gasteiger partial charge in [0.2, 0.25) is 11.3 Å². The fourth-order valence-electron chi connectivity index (χ4n) is 2.48. The van der Waals surface area contributed by atoms with Gasteiger partial charge in [-0.3, -0.25) is 0 Å². The minimum atomic E-state index is -1.18. The zero-order valence-electron chi connectivity index (χ0n) is 14.5. The molecule has 2 rings (SSSR count). The summed E-state index contributed by atoms with van der Waals surface area (Å²) < 4.78 is 15.3. The molecule has 0 N–H and O–H groups in total. The van der Waals surface area contributed by atoms with E-state index in [9.17, 15) is 9.59 Å². The van der Waals surface area contributed by atoms with Crippen molar-refractivity contribution >= 4 is 17.7 Å². The van der Waals surface area contributed by atoms with E-state index in [1.165, 1.54) is 13.4 Å². The molecule has 1 heterocycles. The van der Waals surface area contributed by atoms with Gasteiger partial charge in [0.15, 0.2) is 5.76 Å². The number of oxime groups is 1. The van der Waals surface area contributed by atoms with E-state index in [1.807, 2.05) is 0 Å². The lowest BCUT2D eigenvalue weighted by Gasteiger charge is -2.29. The van der Waals surface area contributed by atoms with Crippen LogP contribution in [-0.2, 0) is 23.9 Å². The van der Waals surface area contributed by atoms with Crippen LogP contribution in [0.5, 0.6) is 0 Å². The van der Waals surface area contributed by atoms with E-state index in [2.05, 4.69) is 5.16 Å². The minimum absolute atomic E-state index is 0.127. The van der Waals surface area contributed by atoms with E-state index in [4.69, 9.17) is 18.7 Å². The number of ether oxygens (including phenoxy) is 2. The highest BCUT2D eigenvalue weighted by Crippen LogP contribution is 2.36. The van der Waals surface area contributed by atoms with E-state index in [0.717, 1.165) is 12.8 Å². The average Bonchev–Trinajstić information content (AvgIpc) is 3.17. The lowest BCUT2D eigenvalue weighted by atomic mass is 10.0. The van der Waals surface area contributed by atoms with Crippen LogP contribution >= 0.6 is 0 Å². The number of rotatable bonds is 5. The molecule has 1 aromatic heterocycles. The van der Waals surface area contributed by atoms with Crippen molar-refractivity contribution in [2.75, 3.05) is 7.11 Å². The Bertz CT molecular complexity index is 606. The second kappa shape index (κ2) is 7.07. The van der Waals surface area contributed by atoms with Gasteiger partial charge >= 0.3 is 11.9 Å². The van der Waals surface area contributed by atoms with Crippen LogP contribution in [0.3, 0.4) is 0 Å². The summed E-state index contributed by atoms with van der Waals surface area (Å²) in [7, 11) is 1.24. The van der Waals surface area contributed by atoms with Gasteiger partial charge in [-0.05, 0) is 45.7 Å². The maximum absolute atomic E-state index is 12.6. The monoisotopic (exact) mass is 337 g/mol. The fourth-order valence-corrected chi connectivity index (χ4v) is 2.48. The molecule has 1 aromatic rings. The second-order valence-corrected chi connectivity index (χ2v) is 6.70. The SMILES string of the molecule is COC(=O)/C(=N\OC1(C(=O)OC(C)(C)C)CCCC1)c1ccco1. The molecule has 132 valence electrons. The number of methoxy groups -OCH3 is 1.